The number of rotatable bonds is 3. The van der Waals surface area contributed by atoms with E-state index in [2.05, 4.69) is 10.6 Å². The van der Waals surface area contributed by atoms with Gasteiger partial charge in [0.05, 0.1) is 10.7 Å². The van der Waals surface area contributed by atoms with Crippen LogP contribution in [0.2, 0.25) is 5.02 Å². The molecule has 9 nitrogen and oxygen atoms in total. The first kappa shape index (κ1) is 20.6. The van der Waals surface area contributed by atoms with Crippen LogP contribution in [0, 0.1) is 0 Å². The van der Waals surface area contributed by atoms with Crippen LogP contribution in [0.4, 0.5) is 10.5 Å². The topological polar surface area (TPSA) is 134 Å². The minimum absolute atomic E-state index is 0.0840. The molecule has 1 aromatic carbocycles. The minimum atomic E-state index is -4.22. The van der Waals surface area contributed by atoms with Crippen LogP contribution in [-0.2, 0) is 14.8 Å². The molecule has 1 saturated heterocycles. The maximum Gasteiger partial charge on any atom is 0.412 e. The van der Waals surface area contributed by atoms with Gasteiger partial charge < -0.3 is 20.5 Å². The van der Waals surface area contributed by atoms with E-state index in [1.807, 2.05) is 0 Å². The second kappa shape index (κ2) is 7.47. The van der Waals surface area contributed by atoms with Crippen molar-refractivity contribution in [2.45, 2.75) is 37.4 Å². The van der Waals surface area contributed by atoms with Gasteiger partial charge in [0.1, 0.15) is 16.7 Å². The van der Waals surface area contributed by atoms with Crippen molar-refractivity contribution in [1.82, 2.24) is 10.2 Å². The Hall–Kier alpha value is -1.75. The number of carbonyl (C=O) groups is 1. The van der Waals surface area contributed by atoms with Crippen LogP contribution in [-0.4, -0.2) is 55.9 Å². The Bertz CT molecular complexity index is 794. The highest BCUT2D eigenvalue weighted by molar-refractivity contribution is 7.89. The molecule has 5 N–H and O–H groups in total. The van der Waals surface area contributed by atoms with Crippen molar-refractivity contribution in [1.29, 1.82) is 0 Å². The molecule has 1 fully saturated rings. The fourth-order valence-corrected chi connectivity index (χ4v) is 3.68. The number of sulfonamides is 1. The number of phenols is 1. The van der Waals surface area contributed by atoms with Crippen molar-refractivity contribution in [3.63, 3.8) is 0 Å². The summed E-state index contributed by atoms with van der Waals surface area (Å²) in [6, 6.07) is 2.71. The Kier molecular flexibility index (Phi) is 5.91. The molecule has 0 aliphatic carbocycles. The number of halogens is 1. The number of piperazine rings is 1. The number of benzene rings is 1. The number of nitrogens with zero attached hydrogens (tertiary/aromatic N) is 1. The third kappa shape index (κ3) is 4.91. The quantitative estimate of drug-likeness (QED) is 0.555. The normalized spacial score (nSPS) is 18.5. The molecule has 0 bridgehead atoms. The van der Waals surface area contributed by atoms with Crippen LogP contribution in [0.15, 0.2) is 17.0 Å². The summed E-state index contributed by atoms with van der Waals surface area (Å²) in [5.74, 6) is -0.602. The van der Waals surface area contributed by atoms with E-state index in [9.17, 15) is 18.3 Å². The van der Waals surface area contributed by atoms with Gasteiger partial charge in [0.2, 0.25) is 10.0 Å². The van der Waals surface area contributed by atoms with E-state index >= 15 is 0 Å². The number of nitrogens with one attached hydrogen (secondary N) is 2. The molecule has 11 heteroatoms. The number of carbonyl (C=O) groups excluding carboxylic acids is 1. The van der Waals surface area contributed by atoms with Crippen LogP contribution in [0.5, 0.6) is 5.75 Å². The largest absolute Gasteiger partial charge is 0.504 e. The van der Waals surface area contributed by atoms with E-state index in [-0.39, 0.29) is 10.7 Å². The SMILES string of the molecule is CC(C)(C)OC(=O)N1CCNCC1Nc1ccc(Cl)c(S(N)(=O)=O)c1O. The maximum atomic E-state index is 12.4. The molecule has 1 aliphatic rings. The number of nitrogens with two attached hydrogens (primary N) is 1. The lowest BCUT2D eigenvalue weighted by Gasteiger charge is -2.38. The van der Waals surface area contributed by atoms with Gasteiger partial charge in [0, 0.05) is 19.6 Å². The number of anilines is 1. The zero-order valence-corrected chi connectivity index (χ0v) is 16.3. The molecule has 2 rings (SSSR count). The third-order valence-corrected chi connectivity index (χ3v) is 4.97. The summed E-state index contributed by atoms with van der Waals surface area (Å²) < 4.78 is 28.7. The number of hydrogen-bond donors (Lipinski definition) is 4. The first-order valence-electron chi connectivity index (χ1n) is 7.91. The zero-order valence-electron chi connectivity index (χ0n) is 14.7. The smallest absolute Gasteiger partial charge is 0.412 e. The van der Waals surface area contributed by atoms with E-state index in [1.54, 1.807) is 20.8 Å². The van der Waals surface area contributed by atoms with E-state index in [4.69, 9.17) is 21.5 Å². The Labute approximate surface area is 157 Å². The first-order valence-corrected chi connectivity index (χ1v) is 9.84. The molecule has 146 valence electrons. The monoisotopic (exact) mass is 406 g/mol. The molecule has 0 radical (unpaired) electrons. The van der Waals surface area contributed by atoms with Crippen LogP contribution in [0.3, 0.4) is 0 Å². The fraction of sp³-hybridized carbons (Fsp3) is 0.533. The molecule has 1 aromatic rings. The molecule has 1 amide bonds. The van der Waals surface area contributed by atoms with Gasteiger partial charge in [0.25, 0.3) is 0 Å². The minimum Gasteiger partial charge on any atom is -0.504 e. The Balaban J connectivity index is 2.29. The standard InChI is InChI=1S/C15H23ClN4O5S/c1-15(2,3)25-14(22)20-7-6-18-8-11(20)19-10-5-4-9(16)13(12(10)21)26(17,23)24/h4-5,11,18-19,21H,6-8H2,1-3H3,(H2,17,23,24). The molecule has 0 spiro atoms. The molecule has 0 aromatic heterocycles. The van der Waals surface area contributed by atoms with Crippen LogP contribution >= 0.6 is 11.6 Å². The average Bonchev–Trinajstić information content (AvgIpc) is 2.47. The van der Waals surface area contributed by atoms with E-state index in [0.29, 0.717) is 19.6 Å². The van der Waals surface area contributed by atoms with Gasteiger partial charge >= 0.3 is 6.09 Å². The van der Waals surface area contributed by atoms with Crippen molar-refractivity contribution in [3.8, 4) is 5.75 Å². The number of hydrogen-bond acceptors (Lipinski definition) is 7. The number of ether oxygens (including phenoxy) is 1. The van der Waals surface area contributed by atoms with Crippen molar-refractivity contribution in [2.75, 3.05) is 25.0 Å². The Morgan fingerprint density at radius 3 is 2.69 bits per heavy atom. The zero-order chi connectivity index (χ0) is 19.7. The lowest BCUT2D eigenvalue weighted by molar-refractivity contribution is 0.0149. The number of amides is 1. The van der Waals surface area contributed by atoms with Crippen molar-refractivity contribution in [3.05, 3.63) is 17.2 Å². The highest BCUT2D eigenvalue weighted by atomic mass is 35.5. The van der Waals surface area contributed by atoms with Gasteiger partial charge in [-0.2, -0.15) is 0 Å². The van der Waals surface area contributed by atoms with Gasteiger partial charge in [-0.1, -0.05) is 11.6 Å². The Morgan fingerprint density at radius 2 is 2.12 bits per heavy atom. The van der Waals surface area contributed by atoms with Crippen LogP contribution in [0.1, 0.15) is 20.8 Å². The van der Waals surface area contributed by atoms with E-state index < -0.39 is 38.5 Å². The second-order valence-corrected chi connectivity index (χ2v) is 8.76. The van der Waals surface area contributed by atoms with Gasteiger partial charge in [-0.15, -0.1) is 0 Å². The average molecular weight is 407 g/mol. The number of aromatic hydroxyl groups is 1. The summed E-state index contributed by atoms with van der Waals surface area (Å²) in [5, 5.41) is 21.3. The van der Waals surface area contributed by atoms with E-state index in [1.165, 1.54) is 17.0 Å². The lowest BCUT2D eigenvalue weighted by atomic mass is 10.2. The summed E-state index contributed by atoms with van der Waals surface area (Å²) in [6.07, 6.45) is -1.09. The van der Waals surface area contributed by atoms with Gasteiger partial charge in [-0.3, -0.25) is 4.90 Å². The Morgan fingerprint density at radius 1 is 1.46 bits per heavy atom. The first-order chi connectivity index (χ1) is 11.9. The fourth-order valence-electron chi connectivity index (χ4n) is 2.49. The molecular weight excluding hydrogens is 384 g/mol. The molecule has 1 aliphatic heterocycles. The highest BCUT2D eigenvalue weighted by Crippen LogP contribution is 2.36. The van der Waals surface area contributed by atoms with Crippen LogP contribution < -0.4 is 15.8 Å². The van der Waals surface area contributed by atoms with Crippen molar-refractivity contribution in [2.24, 2.45) is 5.14 Å². The van der Waals surface area contributed by atoms with Crippen LogP contribution in [0.25, 0.3) is 0 Å². The third-order valence-electron chi connectivity index (χ3n) is 3.56. The summed E-state index contributed by atoms with van der Waals surface area (Å²) in [7, 11) is -4.22. The summed E-state index contributed by atoms with van der Waals surface area (Å²) >= 11 is 5.84. The summed E-state index contributed by atoms with van der Waals surface area (Å²) in [6.45, 7) is 6.61. The van der Waals surface area contributed by atoms with Gasteiger partial charge in [-0.25, -0.2) is 18.4 Å². The molecule has 1 heterocycles. The van der Waals surface area contributed by atoms with Crippen molar-refractivity contribution < 1.29 is 23.1 Å². The maximum absolute atomic E-state index is 12.4. The summed E-state index contributed by atoms with van der Waals surface area (Å²) in [5.41, 5.74) is -0.573. The number of primary sulfonamides is 1. The van der Waals surface area contributed by atoms with Crippen molar-refractivity contribution >= 4 is 33.4 Å². The summed E-state index contributed by atoms with van der Waals surface area (Å²) in [4.78, 5) is 13.3. The lowest BCUT2D eigenvalue weighted by Crippen LogP contribution is -2.57. The molecule has 1 atom stereocenters. The molecule has 0 saturated carbocycles. The van der Waals surface area contributed by atoms with E-state index in [0.717, 1.165) is 0 Å². The molecule has 26 heavy (non-hydrogen) atoms. The second-order valence-electron chi connectivity index (χ2n) is 6.86. The highest BCUT2D eigenvalue weighted by Gasteiger charge is 2.31. The van der Waals surface area contributed by atoms with Gasteiger partial charge in [0.15, 0.2) is 5.75 Å². The molecule has 1 unspecified atom stereocenters. The van der Waals surface area contributed by atoms with Gasteiger partial charge in [-0.05, 0) is 32.9 Å². The number of phenolic OH excluding ortho intramolecular Hbond substituents is 1. The predicted molar refractivity (Wildman–Crippen MR) is 97.7 cm³/mol. The predicted octanol–water partition coefficient (Wildman–Crippen LogP) is 1.27. The molecular formula is C15H23ClN4O5S.